The second kappa shape index (κ2) is 14.5. The quantitative estimate of drug-likeness (QED) is 0.293. The highest BCUT2D eigenvalue weighted by Gasteiger charge is 2.21. The Bertz CT molecular complexity index is 1330. The lowest BCUT2D eigenvalue weighted by Crippen LogP contribution is -2.13. The first-order valence-corrected chi connectivity index (χ1v) is 13.9. The Balaban J connectivity index is 0.00000145. The lowest BCUT2D eigenvalue weighted by atomic mass is 9.91. The van der Waals surface area contributed by atoms with Crippen LogP contribution < -0.4 is 4.74 Å². The van der Waals surface area contributed by atoms with Gasteiger partial charge < -0.3 is 4.74 Å². The number of nitrogens with zero attached hydrogens (tertiary/aromatic N) is 3. The molecular weight excluding hydrogens is 470 g/mol. The Labute approximate surface area is 230 Å². The Morgan fingerprint density at radius 3 is 2.45 bits per heavy atom. The number of carbonyl (C=O) groups is 1. The van der Waals surface area contributed by atoms with Gasteiger partial charge in [-0.15, -0.1) is 0 Å². The lowest BCUT2D eigenvalue weighted by Gasteiger charge is -2.14. The summed E-state index contributed by atoms with van der Waals surface area (Å²) in [5.74, 6) is 1.19. The molecule has 0 N–H and O–H groups in total. The van der Waals surface area contributed by atoms with Gasteiger partial charge in [-0.25, -0.2) is 9.50 Å². The van der Waals surface area contributed by atoms with Crippen LogP contribution in [0.2, 0.25) is 0 Å². The number of ketones is 1. The van der Waals surface area contributed by atoms with Crippen LogP contribution in [-0.4, -0.2) is 27.5 Å². The van der Waals surface area contributed by atoms with Crippen LogP contribution in [0.1, 0.15) is 85.7 Å². The molecule has 2 aromatic heterocycles. The highest BCUT2D eigenvalue weighted by Crippen LogP contribution is 2.29. The van der Waals surface area contributed by atoms with E-state index in [9.17, 15) is 4.79 Å². The summed E-state index contributed by atoms with van der Waals surface area (Å²) in [7, 11) is 1.67. The molecular formula is C33H47N3O2. The molecule has 38 heavy (non-hydrogen) atoms. The third-order valence-electron chi connectivity index (χ3n) is 6.85. The molecule has 1 aromatic carbocycles. The molecule has 3 aromatic rings. The van der Waals surface area contributed by atoms with Crippen molar-refractivity contribution >= 4 is 11.4 Å². The van der Waals surface area contributed by atoms with E-state index < -0.39 is 0 Å². The third-order valence-corrected chi connectivity index (χ3v) is 6.85. The Hall–Kier alpha value is -3.47. The fraction of sp³-hybridized carbons (Fsp3) is 0.424. The number of fused-ring (bicyclic) bond motifs is 1. The summed E-state index contributed by atoms with van der Waals surface area (Å²) in [4.78, 5) is 17.7. The topological polar surface area (TPSA) is 56.5 Å². The standard InChI is InChI=1S/C29H33N3O2.2C2H6.H2/c1-18-7-9-23(22(5)20(3)15-18)10-8-19(2)29(33)25-17-28-30-14-13-26(32(28)31-25)24-11-12-27(34-6)21(4)16-24;2*1-2;/h7,9,11-17,19-20H,8,10H2,1-6H3;2*1-2H3;1H. The number of rotatable bonds is 7. The van der Waals surface area contributed by atoms with Gasteiger partial charge in [-0.2, -0.15) is 5.10 Å². The minimum atomic E-state index is -0.127. The number of Topliss-reactive ketones (excluding diaryl/α,β-unsaturated/α-hetero) is 1. The van der Waals surface area contributed by atoms with Crippen molar-refractivity contribution in [3.63, 3.8) is 0 Å². The van der Waals surface area contributed by atoms with Crippen molar-refractivity contribution in [3.05, 3.63) is 82.7 Å². The molecule has 1 aliphatic rings. The maximum Gasteiger partial charge on any atom is 0.185 e. The maximum atomic E-state index is 13.3. The van der Waals surface area contributed by atoms with E-state index in [1.165, 1.54) is 16.7 Å². The van der Waals surface area contributed by atoms with Crippen molar-refractivity contribution < 1.29 is 11.0 Å². The molecule has 5 nitrogen and oxygen atoms in total. The molecule has 2 unspecified atom stereocenters. The third kappa shape index (κ3) is 7.09. The van der Waals surface area contributed by atoms with Gasteiger partial charge in [0.25, 0.3) is 0 Å². The van der Waals surface area contributed by atoms with Gasteiger partial charge in [-0.3, -0.25) is 4.79 Å². The summed E-state index contributed by atoms with van der Waals surface area (Å²) in [6.45, 7) is 18.6. The average Bonchev–Trinajstić information content (AvgIpc) is 3.34. The first-order chi connectivity index (χ1) is 18.3. The minimum Gasteiger partial charge on any atom is -0.496 e. The highest BCUT2D eigenvalue weighted by molar-refractivity contribution is 5.96. The number of hydrogen-bond acceptors (Lipinski definition) is 4. The molecule has 0 aliphatic heterocycles. The zero-order valence-electron chi connectivity index (χ0n) is 24.9. The summed E-state index contributed by atoms with van der Waals surface area (Å²) >= 11 is 0. The molecule has 1 aliphatic carbocycles. The molecule has 4 rings (SSSR count). The summed E-state index contributed by atoms with van der Waals surface area (Å²) in [5.41, 5.74) is 8.06. The molecule has 0 bridgehead atoms. The molecule has 0 radical (unpaired) electrons. The van der Waals surface area contributed by atoms with Gasteiger partial charge in [-0.1, -0.05) is 70.9 Å². The number of carbonyl (C=O) groups excluding carboxylic acids is 1. The molecule has 0 spiro atoms. The zero-order chi connectivity index (χ0) is 28.4. The maximum absolute atomic E-state index is 13.3. The van der Waals surface area contributed by atoms with E-state index in [1.54, 1.807) is 23.9 Å². The molecule has 2 atom stereocenters. The molecule has 0 amide bonds. The summed E-state index contributed by atoms with van der Waals surface area (Å²) in [6, 6.07) is 9.73. The number of aryl methyl sites for hydroxylation is 1. The first-order valence-electron chi connectivity index (χ1n) is 13.9. The van der Waals surface area contributed by atoms with E-state index in [0.29, 0.717) is 17.3 Å². The van der Waals surface area contributed by atoms with Crippen LogP contribution >= 0.6 is 0 Å². The van der Waals surface area contributed by atoms with Crippen LogP contribution in [0.5, 0.6) is 5.75 Å². The molecule has 2 heterocycles. The van der Waals surface area contributed by atoms with Crippen LogP contribution in [0.3, 0.4) is 0 Å². The number of ether oxygens (including phenoxy) is 1. The van der Waals surface area contributed by atoms with Crippen molar-refractivity contribution in [1.29, 1.82) is 0 Å². The van der Waals surface area contributed by atoms with E-state index in [0.717, 1.165) is 35.4 Å². The van der Waals surface area contributed by atoms with Crippen molar-refractivity contribution in [2.24, 2.45) is 11.8 Å². The molecule has 0 saturated heterocycles. The van der Waals surface area contributed by atoms with Crippen molar-refractivity contribution in [3.8, 4) is 17.0 Å². The van der Waals surface area contributed by atoms with Crippen LogP contribution in [0, 0.1) is 18.8 Å². The lowest BCUT2D eigenvalue weighted by molar-refractivity contribution is 0.0919. The first kappa shape index (κ1) is 30.8. The number of aromatic nitrogens is 3. The Morgan fingerprint density at radius 1 is 1.08 bits per heavy atom. The number of methoxy groups -OCH3 is 1. The number of allylic oxidation sites excluding steroid dienone is 6. The molecule has 5 heteroatoms. The average molecular weight is 518 g/mol. The Kier molecular flexibility index (Phi) is 11.7. The van der Waals surface area contributed by atoms with Gasteiger partial charge >= 0.3 is 0 Å². The van der Waals surface area contributed by atoms with Gasteiger partial charge in [-0.05, 0) is 74.9 Å². The van der Waals surface area contributed by atoms with Crippen LogP contribution in [0.25, 0.3) is 16.9 Å². The largest absolute Gasteiger partial charge is 0.496 e. The second-order valence-corrected chi connectivity index (χ2v) is 9.36. The Morgan fingerprint density at radius 2 is 1.79 bits per heavy atom. The van der Waals surface area contributed by atoms with Crippen molar-refractivity contribution in [2.75, 3.05) is 7.11 Å². The van der Waals surface area contributed by atoms with E-state index >= 15 is 0 Å². The normalized spacial score (nSPS) is 15.5. The fourth-order valence-electron chi connectivity index (χ4n) is 4.54. The van der Waals surface area contributed by atoms with Gasteiger partial charge in [0.05, 0.1) is 12.8 Å². The fourth-order valence-corrected chi connectivity index (χ4v) is 4.54. The number of hydrogen-bond donors (Lipinski definition) is 0. The van der Waals surface area contributed by atoms with Crippen LogP contribution in [0.15, 0.2) is 71.5 Å². The van der Waals surface area contributed by atoms with Gasteiger partial charge in [0.2, 0.25) is 0 Å². The van der Waals surface area contributed by atoms with Gasteiger partial charge in [0.15, 0.2) is 11.4 Å². The van der Waals surface area contributed by atoms with E-state index in [1.807, 2.05) is 59.7 Å². The summed E-state index contributed by atoms with van der Waals surface area (Å²) in [5, 5.41) is 4.67. The van der Waals surface area contributed by atoms with E-state index in [2.05, 4.69) is 55.1 Å². The summed E-state index contributed by atoms with van der Waals surface area (Å²) < 4.78 is 7.15. The summed E-state index contributed by atoms with van der Waals surface area (Å²) in [6.07, 6.45) is 10.1. The monoisotopic (exact) mass is 517 g/mol. The van der Waals surface area contributed by atoms with E-state index in [-0.39, 0.29) is 13.1 Å². The molecule has 206 valence electrons. The van der Waals surface area contributed by atoms with E-state index in [4.69, 9.17) is 4.74 Å². The zero-order valence-corrected chi connectivity index (χ0v) is 24.9. The van der Waals surface area contributed by atoms with Crippen molar-refractivity contribution in [1.82, 2.24) is 14.6 Å². The number of benzene rings is 1. The predicted octanol–water partition coefficient (Wildman–Crippen LogP) is 9.08. The van der Waals surface area contributed by atoms with Gasteiger partial charge in [0.1, 0.15) is 11.4 Å². The molecule has 0 saturated carbocycles. The highest BCUT2D eigenvalue weighted by atomic mass is 16.5. The minimum absolute atomic E-state index is 0. The van der Waals surface area contributed by atoms with Gasteiger partial charge in [0, 0.05) is 25.2 Å². The van der Waals surface area contributed by atoms with Crippen LogP contribution in [-0.2, 0) is 0 Å². The second-order valence-electron chi connectivity index (χ2n) is 9.36. The predicted molar refractivity (Wildman–Crippen MR) is 162 cm³/mol. The van der Waals surface area contributed by atoms with Crippen LogP contribution in [0.4, 0.5) is 0 Å². The van der Waals surface area contributed by atoms with Crippen molar-refractivity contribution in [2.45, 2.75) is 75.2 Å². The SMILES string of the molecule is CC.CC.COc1ccc(-c2ccnc3cc(C(=O)C(C)CCC4=C(C)C(C)C=C(C)C=C4)nn23)cc1C.[HH]. The molecule has 0 fully saturated rings. The smallest absolute Gasteiger partial charge is 0.185 e.